The number of nitrogens with one attached hydrogen (secondary N) is 1. The minimum Gasteiger partial charge on any atom is -0.493 e. The molecule has 0 bridgehead atoms. The topological polar surface area (TPSA) is 92.5 Å². The van der Waals surface area contributed by atoms with Crippen molar-refractivity contribution >= 4 is 22.4 Å². The van der Waals surface area contributed by atoms with E-state index in [1.807, 2.05) is 12.1 Å². The van der Waals surface area contributed by atoms with Gasteiger partial charge in [0.05, 0.1) is 43.7 Å². The zero-order valence-electron chi connectivity index (χ0n) is 17.8. The van der Waals surface area contributed by atoms with Gasteiger partial charge in [0.15, 0.2) is 11.5 Å². The second-order valence-electron chi connectivity index (χ2n) is 7.33. The molecule has 0 spiro atoms. The van der Waals surface area contributed by atoms with Gasteiger partial charge in [-0.1, -0.05) is 0 Å². The quantitative estimate of drug-likeness (QED) is 0.536. The number of ether oxygens (including phenoxy) is 3. The molecule has 1 aliphatic rings. The molecule has 8 nitrogen and oxygen atoms in total. The molecule has 1 saturated heterocycles. The maximum absolute atomic E-state index is 13.5. The molecule has 0 aliphatic carbocycles. The Balaban J connectivity index is 1.51. The van der Waals surface area contributed by atoms with Crippen molar-refractivity contribution in [2.75, 3.05) is 51.9 Å². The molecule has 1 aliphatic heterocycles. The zero-order chi connectivity index (χ0) is 22.3. The first-order valence-electron chi connectivity index (χ1n) is 10.4. The van der Waals surface area contributed by atoms with E-state index < -0.39 is 5.82 Å². The van der Waals surface area contributed by atoms with E-state index in [1.54, 1.807) is 13.2 Å². The van der Waals surface area contributed by atoms with Crippen molar-refractivity contribution in [3.8, 4) is 17.6 Å². The maximum atomic E-state index is 13.5. The van der Waals surface area contributed by atoms with Crippen LogP contribution in [0, 0.1) is 17.1 Å². The number of hydrogen-bond donors (Lipinski definition) is 1. The predicted octanol–water partition coefficient (Wildman–Crippen LogP) is 3.49. The molecular formula is C23H24FN5O3. The van der Waals surface area contributed by atoms with Gasteiger partial charge in [0.1, 0.15) is 24.0 Å². The van der Waals surface area contributed by atoms with Gasteiger partial charge in [0, 0.05) is 31.1 Å². The van der Waals surface area contributed by atoms with E-state index in [-0.39, 0.29) is 5.56 Å². The van der Waals surface area contributed by atoms with Crippen molar-refractivity contribution in [2.45, 2.75) is 6.42 Å². The lowest BCUT2D eigenvalue weighted by Gasteiger charge is -2.26. The maximum Gasteiger partial charge on any atom is 0.163 e. The number of rotatable bonds is 8. The van der Waals surface area contributed by atoms with Crippen LogP contribution in [0.3, 0.4) is 0 Å². The Kier molecular flexibility index (Phi) is 6.94. The molecule has 0 saturated carbocycles. The second kappa shape index (κ2) is 10.2. The number of morpholine rings is 1. The Bertz CT molecular complexity index is 1130. The Morgan fingerprint density at radius 1 is 1.19 bits per heavy atom. The summed E-state index contributed by atoms with van der Waals surface area (Å²) in [5, 5.41) is 13.1. The lowest BCUT2D eigenvalue weighted by molar-refractivity contribution is 0.0357. The molecular weight excluding hydrogens is 413 g/mol. The highest BCUT2D eigenvalue weighted by molar-refractivity contribution is 5.93. The third kappa shape index (κ3) is 5.04. The standard InChI is InChI=1S/C23H24FN5O3/c1-30-21-12-18-20(13-22(21)32-8-2-5-29-6-9-31-10-7-29)26-15-27-23(18)28-19-4-3-17(24)11-16(19)14-25/h3-4,11-13,15H,2,5-10H2,1H3,(H,26,27,28). The highest BCUT2D eigenvalue weighted by atomic mass is 19.1. The molecule has 0 unspecified atom stereocenters. The summed E-state index contributed by atoms with van der Waals surface area (Å²) < 4.78 is 30.3. The lowest BCUT2D eigenvalue weighted by atomic mass is 10.1. The van der Waals surface area contributed by atoms with Gasteiger partial charge in [-0.15, -0.1) is 0 Å². The number of methoxy groups -OCH3 is 1. The molecule has 0 atom stereocenters. The van der Waals surface area contributed by atoms with E-state index in [0.717, 1.165) is 39.3 Å². The van der Waals surface area contributed by atoms with E-state index >= 15 is 0 Å². The van der Waals surface area contributed by atoms with E-state index in [2.05, 4.69) is 20.2 Å². The van der Waals surface area contributed by atoms with Crippen molar-refractivity contribution in [2.24, 2.45) is 0 Å². The summed E-state index contributed by atoms with van der Waals surface area (Å²) in [6, 6.07) is 9.56. The molecule has 32 heavy (non-hydrogen) atoms. The Labute approximate surface area is 185 Å². The van der Waals surface area contributed by atoms with Crippen LogP contribution in [0.4, 0.5) is 15.9 Å². The van der Waals surface area contributed by atoms with Crippen molar-refractivity contribution in [3.05, 3.63) is 48.0 Å². The molecule has 1 fully saturated rings. The summed E-state index contributed by atoms with van der Waals surface area (Å²) in [6.45, 7) is 4.97. The van der Waals surface area contributed by atoms with Gasteiger partial charge in [0.2, 0.25) is 0 Å². The first kappa shape index (κ1) is 21.7. The molecule has 1 aromatic heterocycles. The molecule has 0 amide bonds. The summed E-state index contributed by atoms with van der Waals surface area (Å²) >= 11 is 0. The molecule has 166 valence electrons. The van der Waals surface area contributed by atoms with Gasteiger partial charge in [-0.2, -0.15) is 5.26 Å². The average Bonchev–Trinajstić information content (AvgIpc) is 2.83. The van der Waals surface area contributed by atoms with E-state index in [4.69, 9.17) is 14.2 Å². The molecule has 4 rings (SSSR count). The van der Waals surface area contributed by atoms with Gasteiger partial charge in [-0.05, 0) is 30.7 Å². The van der Waals surface area contributed by atoms with Crippen LogP contribution in [-0.2, 0) is 4.74 Å². The van der Waals surface area contributed by atoms with Crippen molar-refractivity contribution < 1.29 is 18.6 Å². The van der Waals surface area contributed by atoms with E-state index in [9.17, 15) is 9.65 Å². The smallest absolute Gasteiger partial charge is 0.163 e. The number of hydrogen-bond acceptors (Lipinski definition) is 8. The van der Waals surface area contributed by atoms with Gasteiger partial charge < -0.3 is 19.5 Å². The minimum atomic E-state index is -0.475. The first-order valence-corrected chi connectivity index (χ1v) is 10.4. The number of benzene rings is 2. The number of halogens is 1. The minimum absolute atomic E-state index is 0.184. The average molecular weight is 437 g/mol. The molecule has 0 radical (unpaired) electrons. The van der Waals surface area contributed by atoms with E-state index in [0.29, 0.717) is 40.5 Å². The fraction of sp³-hybridized carbons (Fsp3) is 0.348. The Morgan fingerprint density at radius 3 is 2.81 bits per heavy atom. The molecule has 3 aromatic rings. The largest absolute Gasteiger partial charge is 0.493 e. The SMILES string of the molecule is COc1cc2c(Nc3ccc(F)cc3C#N)ncnc2cc1OCCCN1CCOCC1. The Hall–Kier alpha value is -3.48. The van der Waals surface area contributed by atoms with Gasteiger partial charge in [-0.25, -0.2) is 14.4 Å². The molecule has 2 heterocycles. The summed E-state index contributed by atoms with van der Waals surface area (Å²) in [5.41, 5.74) is 1.30. The van der Waals surface area contributed by atoms with Crippen LogP contribution in [0.5, 0.6) is 11.5 Å². The summed E-state index contributed by atoms with van der Waals surface area (Å²) in [6.07, 6.45) is 2.31. The Morgan fingerprint density at radius 2 is 2.03 bits per heavy atom. The monoisotopic (exact) mass is 437 g/mol. The van der Waals surface area contributed by atoms with Crippen molar-refractivity contribution in [1.82, 2.24) is 14.9 Å². The highest BCUT2D eigenvalue weighted by Gasteiger charge is 2.14. The number of anilines is 2. The summed E-state index contributed by atoms with van der Waals surface area (Å²) in [4.78, 5) is 11.0. The highest BCUT2D eigenvalue weighted by Crippen LogP contribution is 2.35. The van der Waals surface area contributed by atoms with Crippen LogP contribution >= 0.6 is 0 Å². The van der Waals surface area contributed by atoms with Gasteiger partial charge in [0.25, 0.3) is 0 Å². The predicted molar refractivity (Wildman–Crippen MR) is 118 cm³/mol. The second-order valence-corrected chi connectivity index (χ2v) is 7.33. The van der Waals surface area contributed by atoms with Crippen LogP contribution in [0.25, 0.3) is 10.9 Å². The van der Waals surface area contributed by atoms with Gasteiger partial charge in [-0.3, -0.25) is 4.90 Å². The zero-order valence-corrected chi connectivity index (χ0v) is 17.8. The number of aromatic nitrogens is 2. The third-order valence-corrected chi connectivity index (χ3v) is 5.26. The summed E-state index contributed by atoms with van der Waals surface area (Å²) in [7, 11) is 1.58. The van der Waals surface area contributed by atoms with Crippen LogP contribution in [-0.4, -0.2) is 61.4 Å². The fourth-order valence-electron chi connectivity index (χ4n) is 3.58. The van der Waals surface area contributed by atoms with Crippen molar-refractivity contribution in [1.29, 1.82) is 5.26 Å². The van der Waals surface area contributed by atoms with Crippen molar-refractivity contribution in [3.63, 3.8) is 0 Å². The normalized spacial score (nSPS) is 14.2. The number of fused-ring (bicyclic) bond motifs is 1. The first-order chi connectivity index (χ1) is 15.7. The molecule has 2 aromatic carbocycles. The lowest BCUT2D eigenvalue weighted by Crippen LogP contribution is -2.37. The van der Waals surface area contributed by atoms with Crippen LogP contribution < -0.4 is 14.8 Å². The van der Waals surface area contributed by atoms with E-state index in [1.165, 1.54) is 24.5 Å². The number of nitriles is 1. The third-order valence-electron chi connectivity index (χ3n) is 5.26. The molecule has 1 N–H and O–H groups in total. The van der Waals surface area contributed by atoms with Gasteiger partial charge >= 0.3 is 0 Å². The van der Waals surface area contributed by atoms with Crippen LogP contribution in [0.1, 0.15) is 12.0 Å². The summed E-state index contributed by atoms with van der Waals surface area (Å²) in [5.74, 6) is 1.17. The van der Waals surface area contributed by atoms with Crippen LogP contribution in [0.2, 0.25) is 0 Å². The van der Waals surface area contributed by atoms with Crippen LogP contribution in [0.15, 0.2) is 36.7 Å². The number of nitrogens with zero attached hydrogens (tertiary/aromatic N) is 4. The molecule has 9 heteroatoms. The fourth-order valence-corrected chi connectivity index (χ4v) is 3.58.